The molecular formula is C13H13BrO. The average molecular weight is 265 g/mol. The zero-order chi connectivity index (χ0) is 11.1. The molecule has 0 unspecified atom stereocenters. The minimum atomic E-state index is 0.540. The van der Waals surface area contributed by atoms with Crippen LogP contribution in [-0.4, -0.2) is 0 Å². The molecule has 0 aliphatic rings. The predicted octanol–water partition coefficient (Wildman–Crippen LogP) is 4.18. The molecule has 0 aliphatic heterocycles. The summed E-state index contributed by atoms with van der Waals surface area (Å²) in [5.41, 5.74) is 1.13. The molecule has 0 heterocycles. The maximum atomic E-state index is 5.44. The van der Waals surface area contributed by atoms with Gasteiger partial charge in [0, 0.05) is 4.48 Å². The molecule has 1 aromatic carbocycles. The number of hydrogen-bond acceptors (Lipinski definition) is 1. The van der Waals surface area contributed by atoms with Crippen LogP contribution in [0.1, 0.15) is 5.56 Å². The lowest BCUT2D eigenvalue weighted by atomic mass is 10.2. The van der Waals surface area contributed by atoms with Crippen molar-refractivity contribution in [1.82, 2.24) is 0 Å². The van der Waals surface area contributed by atoms with Gasteiger partial charge in [0.15, 0.2) is 0 Å². The molecular weight excluding hydrogens is 252 g/mol. The van der Waals surface area contributed by atoms with Crippen molar-refractivity contribution in [2.75, 3.05) is 0 Å². The van der Waals surface area contributed by atoms with Crippen molar-refractivity contribution in [3.8, 4) is 0 Å². The normalized spacial score (nSPS) is 10.2. The summed E-state index contributed by atoms with van der Waals surface area (Å²) in [7, 11) is 0. The van der Waals surface area contributed by atoms with E-state index in [1.54, 1.807) is 12.2 Å². The Bertz CT molecular complexity index is 365. The van der Waals surface area contributed by atoms with Gasteiger partial charge in [-0.25, -0.2) is 0 Å². The lowest BCUT2D eigenvalue weighted by Crippen LogP contribution is -1.89. The molecule has 2 heteroatoms. The lowest BCUT2D eigenvalue weighted by Gasteiger charge is -2.05. The van der Waals surface area contributed by atoms with E-state index in [4.69, 9.17) is 4.74 Å². The summed E-state index contributed by atoms with van der Waals surface area (Å²) in [6.45, 7) is 7.99. The van der Waals surface area contributed by atoms with E-state index in [9.17, 15) is 0 Å². The van der Waals surface area contributed by atoms with Crippen molar-refractivity contribution < 1.29 is 4.74 Å². The number of rotatable bonds is 5. The smallest absolute Gasteiger partial charge is 0.113 e. The Morgan fingerprint density at radius 3 is 2.47 bits per heavy atom. The molecule has 0 aliphatic carbocycles. The van der Waals surface area contributed by atoms with Gasteiger partial charge in [-0.2, -0.15) is 0 Å². The molecule has 1 nitrogen and oxygen atoms in total. The number of ether oxygens (including phenoxy) is 1. The van der Waals surface area contributed by atoms with Gasteiger partial charge in [-0.05, 0) is 17.7 Å². The van der Waals surface area contributed by atoms with Crippen molar-refractivity contribution in [2.24, 2.45) is 0 Å². The Balaban J connectivity index is 2.38. The Labute approximate surface area is 98.9 Å². The molecule has 0 radical (unpaired) electrons. The van der Waals surface area contributed by atoms with Crippen molar-refractivity contribution in [1.29, 1.82) is 0 Å². The second kappa shape index (κ2) is 6.25. The first-order valence-corrected chi connectivity index (χ1v) is 5.36. The molecule has 1 rings (SSSR count). The average Bonchev–Trinajstić information content (AvgIpc) is 2.25. The first kappa shape index (κ1) is 11.8. The van der Waals surface area contributed by atoms with Crippen molar-refractivity contribution in [3.63, 3.8) is 0 Å². The van der Waals surface area contributed by atoms with Gasteiger partial charge in [0.05, 0.1) is 0 Å². The van der Waals surface area contributed by atoms with Crippen LogP contribution >= 0.6 is 15.9 Å². The molecule has 15 heavy (non-hydrogen) atoms. The van der Waals surface area contributed by atoms with Gasteiger partial charge < -0.3 is 4.74 Å². The van der Waals surface area contributed by atoms with E-state index in [1.807, 2.05) is 30.3 Å². The van der Waals surface area contributed by atoms with Crippen LogP contribution in [0.3, 0.4) is 0 Å². The van der Waals surface area contributed by atoms with Crippen LogP contribution in [0.15, 0.2) is 65.9 Å². The molecule has 0 saturated heterocycles. The van der Waals surface area contributed by atoms with Gasteiger partial charge in [0.1, 0.15) is 12.4 Å². The highest BCUT2D eigenvalue weighted by Gasteiger charge is 1.92. The summed E-state index contributed by atoms with van der Waals surface area (Å²) in [6, 6.07) is 9.98. The highest BCUT2D eigenvalue weighted by Crippen LogP contribution is 2.08. The van der Waals surface area contributed by atoms with E-state index < -0.39 is 0 Å². The third kappa shape index (κ3) is 5.23. The van der Waals surface area contributed by atoms with E-state index in [-0.39, 0.29) is 0 Å². The van der Waals surface area contributed by atoms with E-state index in [0.29, 0.717) is 12.4 Å². The molecule has 0 amide bonds. The number of halogens is 1. The van der Waals surface area contributed by atoms with Gasteiger partial charge in [-0.3, -0.25) is 0 Å². The quantitative estimate of drug-likeness (QED) is 0.573. The number of allylic oxidation sites excluding steroid dienone is 3. The van der Waals surface area contributed by atoms with E-state index in [2.05, 4.69) is 29.1 Å². The molecule has 1 aromatic rings. The van der Waals surface area contributed by atoms with Crippen LogP contribution in [-0.2, 0) is 11.3 Å². The molecule has 0 saturated carbocycles. The van der Waals surface area contributed by atoms with Gasteiger partial charge in [0.2, 0.25) is 0 Å². The maximum absolute atomic E-state index is 5.44. The molecule has 0 atom stereocenters. The van der Waals surface area contributed by atoms with Crippen LogP contribution < -0.4 is 0 Å². The molecule has 0 spiro atoms. The fraction of sp³-hybridized carbons (Fsp3) is 0.0769. The lowest BCUT2D eigenvalue weighted by molar-refractivity contribution is 0.212. The van der Waals surface area contributed by atoms with Gasteiger partial charge >= 0.3 is 0 Å². The van der Waals surface area contributed by atoms with Crippen molar-refractivity contribution in [3.05, 3.63) is 71.4 Å². The Kier molecular flexibility index (Phi) is 4.91. The zero-order valence-electron chi connectivity index (χ0n) is 8.45. The Hall–Kier alpha value is -1.28. The Morgan fingerprint density at radius 2 is 1.87 bits per heavy atom. The largest absolute Gasteiger partial charge is 0.490 e. The van der Waals surface area contributed by atoms with Gasteiger partial charge in [-0.15, -0.1) is 0 Å². The van der Waals surface area contributed by atoms with Gasteiger partial charge in [-0.1, -0.05) is 59.4 Å². The third-order valence-corrected chi connectivity index (χ3v) is 1.98. The summed E-state index contributed by atoms with van der Waals surface area (Å²) in [4.78, 5) is 0. The monoisotopic (exact) mass is 264 g/mol. The molecule has 78 valence electrons. The predicted molar refractivity (Wildman–Crippen MR) is 67.6 cm³/mol. The summed E-state index contributed by atoms with van der Waals surface area (Å²) >= 11 is 3.22. The summed E-state index contributed by atoms with van der Waals surface area (Å²) in [6.07, 6.45) is 3.58. The van der Waals surface area contributed by atoms with Crippen molar-refractivity contribution in [2.45, 2.75) is 6.61 Å². The van der Waals surface area contributed by atoms with Crippen LogP contribution in [0.4, 0.5) is 0 Å². The Morgan fingerprint density at radius 1 is 1.20 bits per heavy atom. The number of hydrogen-bond donors (Lipinski definition) is 0. The standard InChI is InChI=1S/C13H13BrO/c1-11(14)8-9-12(2)15-10-13-6-4-3-5-7-13/h3-9H,1-2,10H2. The highest BCUT2D eigenvalue weighted by atomic mass is 79.9. The molecule has 0 bridgehead atoms. The van der Waals surface area contributed by atoms with Crippen LogP contribution in [0.5, 0.6) is 0 Å². The van der Waals surface area contributed by atoms with Crippen molar-refractivity contribution >= 4 is 15.9 Å². The minimum absolute atomic E-state index is 0.540. The van der Waals surface area contributed by atoms with E-state index >= 15 is 0 Å². The van der Waals surface area contributed by atoms with Crippen LogP contribution in [0.2, 0.25) is 0 Å². The van der Waals surface area contributed by atoms with Gasteiger partial charge in [0.25, 0.3) is 0 Å². The first-order valence-electron chi connectivity index (χ1n) is 4.56. The third-order valence-electron chi connectivity index (χ3n) is 1.72. The fourth-order valence-corrected chi connectivity index (χ4v) is 1.11. The molecule has 0 aromatic heterocycles. The molecule has 0 N–H and O–H groups in total. The summed E-state index contributed by atoms with van der Waals surface area (Å²) < 4.78 is 6.23. The minimum Gasteiger partial charge on any atom is -0.490 e. The second-order valence-corrected chi connectivity index (χ2v) is 4.04. The second-order valence-electron chi connectivity index (χ2n) is 3.02. The first-order chi connectivity index (χ1) is 7.18. The SMILES string of the molecule is C=C(Br)C=CC(=C)OCc1ccccc1. The summed E-state index contributed by atoms with van der Waals surface area (Å²) in [5.74, 6) is 0.624. The van der Waals surface area contributed by atoms with Crippen LogP contribution in [0, 0.1) is 0 Å². The fourth-order valence-electron chi connectivity index (χ4n) is 0.982. The highest BCUT2D eigenvalue weighted by molar-refractivity contribution is 9.11. The van der Waals surface area contributed by atoms with E-state index in [0.717, 1.165) is 10.0 Å². The summed E-state index contributed by atoms with van der Waals surface area (Å²) in [5, 5.41) is 0. The number of benzene rings is 1. The van der Waals surface area contributed by atoms with Crippen LogP contribution in [0.25, 0.3) is 0 Å². The molecule has 0 fully saturated rings. The van der Waals surface area contributed by atoms with E-state index in [1.165, 1.54) is 0 Å². The topological polar surface area (TPSA) is 9.23 Å². The maximum Gasteiger partial charge on any atom is 0.113 e. The zero-order valence-corrected chi connectivity index (χ0v) is 10.0.